The average Bonchev–Trinajstić information content (AvgIpc) is 1.25. The third-order valence-corrected chi connectivity index (χ3v) is 0. The molecule has 0 radical (unpaired) electrons. The summed E-state index contributed by atoms with van der Waals surface area (Å²) in [4.78, 5) is 0. The van der Waals surface area contributed by atoms with Gasteiger partial charge in [-0.3, -0.25) is 4.21 Å². The first-order chi connectivity index (χ1) is 3.46. The van der Waals surface area contributed by atoms with E-state index in [1.54, 1.807) is 12.5 Å². The molecule has 5 heteroatoms. The van der Waals surface area contributed by atoms with Crippen LogP contribution in [0.3, 0.4) is 0 Å². The van der Waals surface area contributed by atoms with E-state index in [9.17, 15) is 4.21 Å². The van der Waals surface area contributed by atoms with Gasteiger partial charge in [-0.2, -0.15) is 0 Å². The fourth-order valence-electron chi connectivity index (χ4n) is 0. The highest BCUT2D eigenvalue weighted by molar-refractivity contribution is 7.83. The molecule has 0 atom stereocenters. The molecule has 0 saturated heterocycles. The van der Waals surface area contributed by atoms with Gasteiger partial charge in [-0.1, -0.05) is 0 Å². The first-order valence-corrected chi connectivity index (χ1v) is 4.14. The molecule has 0 aromatic carbocycles. The lowest BCUT2D eigenvalue weighted by Gasteiger charge is -1.68. The summed E-state index contributed by atoms with van der Waals surface area (Å²) in [6, 6.07) is 0. The Hall–Kier alpha value is -0.160. The highest BCUT2D eigenvalue weighted by Crippen LogP contribution is 1.47. The van der Waals surface area contributed by atoms with E-state index in [4.69, 9.17) is 0 Å². The maximum Gasteiger partial charge on any atom is 0.160 e. The van der Waals surface area contributed by atoms with Crippen LogP contribution in [-0.4, -0.2) is 21.8 Å². The summed E-state index contributed by atoms with van der Waals surface area (Å²) in [7, 11) is -0.611. The van der Waals surface area contributed by atoms with Gasteiger partial charge < -0.3 is 11.5 Å². The molecule has 0 unspecified atom stereocenters. The Labute approximate surface area is 56.9 Å². The summed E-state index contributed by atoms with van der Waals surface area (Å²) < 4.78 is 9.56. The van der Waals surface area contributed by atoms with Crippen LogP contribution in [0.2, 0.25) is 0 Å². The molecule has 0 aliphatic carbocycles. The molecule has 0 fully saturated rings. The molecule has 0 spiro atoms. The molecule has 0 aromatic heterocycles. The van der Waals surface area contributed by atoms with Crippen LogP contribution in [0.15, 0.2) is 0 Å². The van der Waals surface area contributed by atoms with Gasteiger partial charge in [0.1, 0.15) is 0 Å². The van der Waals surface area contributed by atoms with Crippen molar-refractivity contribution in [3.05, 3.63) is 0 Å². The van der Waals surface area contributed by atoms with Crippen LogP contribution >= 0.6 is 12.2 Å². The average molecular weight is 154 g/mol. The predicted molar refractivity (Wildman–Crippen MR) is 41.0 cm³/mol. The van der Waals surface area contributed by atoms with Crippen molar-refractivity contribution in [3.63, 3.8) is 0 Å². The van der Waals surface area contributed by atoms with Crippen molar-refractivity contribution in [2.45, 2.75) is 0 Å². The maximum atomic E-state index is 9.56. The van der Waals surface area contributed by atoms with Gasteiger partial charge >= 0.3 is 0 Å². The molecule has 3 nitrogen and oxygen atoms in total. The quantitative estimate of drug-likeness (QED) is 0.447. The van der Waals surface area contributed by atoms with Gasteiger partial charge in [-0.15, -0.1) is 0 Å². The molecule has 50 valence electrons. The van der Waals surface area contributed by atoms with E-state index in [-0.39, 0.29) is 5.11 Å². The van der Waals surface area contributed by atoms with Gasteiger partial charge in [0.25, 0.3) is 0 Å². The topological polar surface area (TPSA) is 69.1 Å². The molecule has 0 amide bonds. The van der Waals surface area contributed by atoms with Gasteiger partial charge in [-0.25, -0.2) is 0 Å². The summed E-state index contributed by atoms with van der Waals surface area (Å²) >= 11 is 4.09. The van der Waals surface area contributed by atoms with Crippen LogP contribution in [0.5, 0.6) is 0 Å². The molecule has 0 heterocycles. The van der Waals surface area contributed by atoms with Crippen molar-refractivity contribution in [1.82, 2.24) is 0 Å². The molecule has 0 bridgehead atoms. The minimum atomic E-state index is -0.611. The van der Waals surface area contributed by atoms with E-state index >= 15 is 0 Å². The summed E-state index contributed by atoms with van der Waals surface area (Å²) in [6.07, 6.45) is 3.28. The lowest BCUT2D eigenvalue weighted by atomic mass is 11.3. The number of hydrogen-bond donors (Lipinski definition) is 2. The molecular weight excluding hydrogens is 144 g/mol. The van der Waals surface area contributed by atoms with Crippen molar-refractivity contribution < 1.29 is 4.21 Å². The highest BCUT2D eigenvalue weighted by atomic mass is 32.2. The van der Waals surface area contributed by atoms with Crippen LogP contribution in [0, 0.1) is 0 Å². The SMILES string of the molecule is CS(C)=O.NC(N)=S. The summed E-state index contributed by atoms with van der Waals surface area (Å²) in [5, 5.41) is 0.000000000000000222. The summed E-state index contributed by atoms with van der Waals surface area (Å²) in [5.74, 6) is 0. The van der Waals surface area contributed by atoms with Crippen LogP contribution < -0.4 is 11.5 Å². The zero-order valence-electron chi connectivity index (χ0n) is 4.88. The van der Waals surface area contributed by atoms with Crippen LogP contribution in [0.1, 0.15) is 0 Å². The molecule has 0 saturated carbocycles. The summed E-state index contributed by atoms with van der Waals surface area (Å²) in [5.41, 5.74) is 9.24. The fraction of sp³-hybridized carbons (Fsp3) is 0.667. The smallest absolute Gasteiger partial charge is 0.160 e. The number of rotatable bonds is 0. The largest absolute Gasteiger partial charge is 0.377 e. The maximum absolute atomic E-state index is 9.56. The first kappa shape index (κ1) is 10.8. The third kappa shape index (κ3) is 5340. The second kappa shape index (κ2) is 6.84. The van der Waals surface area contributed by atoms with E-state index in [1.807, 2.05) is 0 Å². The molecule has 0 aliphatic rings. The monoisotopic (exact) mass is 154 g/mol. The number of hydrogen-bond acceptors (Lipinski definition) is 2. The lowest BCUT2D eigenvalue weighted by molar-refractivity contribution is 0.690. The van der Waals surface area contributed by atoms with Crippen LogP contribution in [0.25, 0.3) is 0 Å². The molecule has 8 heavy (non-hydrogen) atoms. The van der Waals surface area contributed by atoms with E-state index in [1.165, 1.54) is 0 Å². The zero-order chi connectivity index (χ0) is 7.15. The van der Waals surface area contributed by atoms with Gasteiger partial charge in [0.15, 0.2) is 5.11 Å². The number of nitrogens with two attached hydrogens (primary N) is 2. The van der Waals surface area contributed by atoms with Gasteiger partial charge in [0.05, 0.1) is 0 Å². The standard InChI is InChI=1S/C2H6OS.CH4N2S/c1-4(2)3;2-1(3)4/h1-2H3;(H4,2,3,4). The molecule has 0 aromatic rings. The Morgan fingerprint density at radius 2 is 1.50 bits per heavy atom. The van der Waals surface area contributed by atoms with E-state index in [0.717, 1.165) is 0 Å². The Morgan fingerprint density at radius 3 is 1.50 bits per heavy atom. The molecular formula is C3H10N2OS2. The van der Waals surface area contributed by atoms with E-state index in [2.05, 4.69) is 23.7 Å². The van der Waals surface area contributed by atoms with Gasteiger partial charge in [0, 0.05) is 23.3 Å². The Balaban J connectivity index is 0. The normalized spacial score (nSPS) is 7.38. The second-order valence-corrected chi connectivity index (χ2v) is 3.10. The summed E-state index contributed by atoms with van der Waals surface area (Å²) in [6.45, 7) is 0. The first-order valence-electron chi connectivity index (χ1n) is 1.76. The van der Waals surface area contributed by atoms with Crippen molar-refractivity contribution in [2.24, 2.45) is 11.5 Å². The number of thiocarbonyl (C=S) groups is 1. The highest BCUT2D eigenvalue weighted by Gasteiger charge is 1.57. The molecule has 4 N–H and O–H groups in total. The Morgan fingerprint density at radius 1 is 1.50 bits per heavy atom. The minimum Gasteiger partial charge on any atom is -0.377 e. The van der Waals surface area contributed by atoms with Crippen LogP contribution in [-0.2, 0) is 10.8 Å². The van der Waals surface area contributed by atoms with E-state index in [0.29, 0.717) is 0 Å². The van der Waals surface area contributed by atoms with Gasteiger partial charge in [0.2, 0.25) is 0 Å². The third-order valence-electron chi connectivity index (χ3n) is 0. The predicted octanol–water partition coefficient (Wildman–Crippen LogP) is -0.817. The van der Waals surface area contributed by atoms with E-state index < -0.39 is 10.8 Å². The van der Waals surface area contributed by atoms with Gasteiger partial charge in [-0.05, 0) is 12.2 Å². The second-order valence-electron chi connectivity index (χ2n) is 1.14. The fourth-order valence-corrected chi connectivity index (χ4v) is 0. The minimum absolute atomic E-state index is 0.000000000000000222. The van der Waals surface area contributed by atoms with Crippen molar-refractivity contribution >= 4 is 28.1 Å². The van der Waals surface area contributed by atoms with Crippen LogP contribution in [0.4, 0.5) is 0 Å². The van der Waals surface area contributed by atoms with Crippen molar-refractivity contribution in [1.29, 1.82) is 0 Å². The van der Waals surface area contributed by atoms with Crippen molar-refractivity contribution in [2.75, 3.05) is 12.5 Å². The molecule has 0 rings (SSSR count). The zero-order valence-corrected chi connectivity index (χ0v) is 6.51. The Kier molecular flexibility index (Phi) is 9.20. The van der Waals surface area contributed by atoms with Crippen molar-refractivity contribution in [3.8, 4) is 0 Å². The Bertz CT molecular complexity index is 73.3. The molecule has 0 aliphatic heterocycles. The lowest BCUT2D eigenvalue weighted by Crippen LogP contribution is -2.18.